The number of halogens is 3. The van der Waals surface area contributed by atoms with E-state index in [1.54, 1.807) is 12.3 Å². The summed E-state index contributed by atoms with van der Waals surface area (Å²) in [7, 11) is 0. The highest BCUT2D eigenvalue weighted by atomic mass is 19.4. The molecule has 5 nitrogen and oxygen atoms in total. The Morgan fingerprint density at radius 3 is 2.34 bits per heavy atom. The Morgan fingerprint density at radius 2 is 1.83 bits per heavy atom. The lowest BCUT2D eigenvalue weighted by Gasteiger charge is -2.38. The average molecular weight is 413 g/mol. The largest absolute Gasteiger partial charge is 0.405 e. The van der Waals surface area contributed by atoms with E-state index in [1.165, 1.54) is 25.6 Å². The van der Waals surface area contributed by atoms with Crippen molar-refractivity contribution in [3.63, 3.8) is 0 Å². The number of piperidine rings is 1. The summed E-state index contributed by atoms with van der Waals surface area (Å²) < 4.78 is 36.6. The van der Waals surface area contributed by atoms with Crippen molar-refractivity contribution >= 4 is 11.6 Å². The van der Waals surface area contributed by atoms with Crippen LogP contribution in [0.25, 0.3) is 0 Å². The van der Waals surface area contributed by atoms with Gasteiger partial charge in [-0.1, -0.05) is 20.8 Å². The van der Waals surface area contributed by atoms with Crippen molar-refractivity contribution in [2.75, 3.05) is 37.6 Å². The summed E-state index contributed by atoms with van der Waals surface area (Å²) in [5, 5.41) is 1.84. The van der Waals surface area contributed by atoms with Gasteiger partial charge < -0.3 is 10.2 Å². The van der Waals surface area contributed by atoms with E-state index in [-0.39, 0.29) is 5.69 Å². The van der Waals surface area contributed by atoms with Crippen LogP contribution in [-0.4, -0.2) is 60.7 Å². The molecule has 1 unspecified atom stereocenters. The number of carbonyl (C=O) groups is 1. The average Bonchev–Trinajstić information content (AvgIpc) is 3.16. The summed E-state index contributed by atoms with van der Waals surface area (Å²) in [4.78, 5) is 20.7. The molecule has 0 saturated carbocycles. The standard InChI is InChI=1S/C21H31F3N4O/c1-20(2,3)15-6-9-28(13-15)16-7-10-27(11-8-16)17-4-5-18(25-12-17)19(29)26-14-21(22,23)24/h4-5,12,15-16H,6-11,13-14H2,1-3H3,(H,26,29). The quantitative estimate of drug-likeness (QED) is 0.819. The van der Waals surface area contributed by atoms with Crippen molar-refractivity contribution in [1.29, 1.82) is 0 Å². The van der Waals surface area contributed by atoms with E-state index in [4.69, 9.17) is 0 Å². The van der Waals surface area contributed by atoms with Gasteiger partial charge in [0.15, 0.2) is 0 Å². The molecule has 1 aromatic rings. The SMILES string of the molecule is CC(C)(C)C1CCN(C2CCN(c3ccc(C(=O)NCC(F)(F)F)nc3)CC2)C1. The first-order valence-electron chi connectivity index (χ1n) is 10.3. The van der Waals surface area contributed by atoms with Crippen molar-refractivity contribution in [3.05, 3.63) is 24.0 Å². The monoisotopic (exact) mass is 412 g/mol. The first kappa shape index (κ1) is 21.9. The predicted octanol–water partition coefficient (Wildman–Crippen LogP) is 3.71. The second-order valence-electron chi connectivity index (χ2n) is 9.26. The van der Waals surface area contributed by atoms with Crippen LogP contribution < -0.4 is 10.2 Å². The van der Waals surface area contributed by atoms with E-state index in [0.29, 0.717) is 11.5 Å². The number of alkyl halides is 3. The molecule has 162 valence electrons. The van der Waals surface area contributed by atoms with Crippen LogP contribution in [0.5, 0.6) is 0 Å². The molecule has 0 spiro atoms. The van der Waals surface area contributed by atoms with Gasteiger partial charge in [-0.2, -0.15) is 13.2 Å². The van der Waals surface area contributed by atoms with Crippen LogP contribution in [0, 0.1) is 11.3 Å². The smallest absolute Gasteiger partial charge is 0.370 e. The molecule has 0 aliphatic carbocycles. The number of rotatable bonds is 4. The van der Waals surface area contributed by atoms with Gasteiger partial charge in [-0.05, 0) is 49.3 Å². The number of carbonyl (C=O) groups excluding carboxylic acids is 1. The molecule has 2 aliphatic rings. The fraction of sp³-hybridized carbons (Fsp3) is 0.714. The van der Waals surface area contributed by atoms with Gasteiger partial charge >= 0.3 is 6.18 Å². The summed E-state index contributed by atoms with van der Waals surface area (Å²) in [6.45, 7) is 9.81. The minimum Gasteiger partial charge on any atom is -0.370 e. The number of hydrogen-bond acceptors (Lipinski definition) is 4. The summed E-state index contributed by atoms with van der Waals surface area (Å²) in [6, 6.07) is 3.86. The predicted molar refractivity (Wildman–Crippen MR) is 107 cm³/mol. The first-order chi connectivity index (χ1) is 13.5. The van der Waals surface area contributed by atoms with Gasteiger partial charge in [0, 0.05) is 25.7 Å². The van der Waals surface area contributed by atoms with Crippen LogP contribution in [0.2, 0.25) is 0 Å². The molecule has 3 heterocycles. The molecule has 2 saturated heterocycles. The van der Waals surface area contributed by atoms with Crippen molar-refractivity contribution in [2.45, 2.75) is 52.3 Å². The topological polar surface area (TPSA) is 48.5 Å². The van der Waals surface area contributed by atoms with E-state index in [9.17, 15) is 18.0 Å². The molecule has 1 aromatic heterocycles. The van der Waals surface area contributed by atoms with Crippen molar-refractivity contribution in [3.8, 4) is 0 Å². The van der Waals surface area contributed by atoms with E-state index in [0.717, 1.165) is 37.5 Å². The Kier molecular flexibility index (Phi) is 6.41. The molecular weight excluding hydrogens is 381 g/mol. The van der Waals surface area contributed by atoms with Gasteiger partial charge in [-0.25, -0.2) is 4.98 Å². The number of aromatic nitrogens is 1. The number of hydrogen-bond donors (Lipinski definition) is 1. The van der Waals surface area contributed by atoms with Crippen LogP contribution in [0.15, 0.2) is 18.3 Å². The number of nitrogens with one attached hydrogen (secondary N) is 1. The molecule has 29 heavy (non-hydrogen) atoms. The van der Waals surface area contributed by atoms with Crippen LogP contribution >= 0.6 is 0 Å². The maximum atomic E-state index is 12.2. The van der Waals surface area contributed by atoms with Crippen molar-refractivity contribution in [1.82, 2.24) is 15.2 Å². The maximum Gasteiger partial charge on any atom is 0.405 e. The maximum absolute atomic E-state index is 12.2. The summed E-state index contributed by atoms with van der Waals surface area (Å²) in [6.07, 6.45) is 0.595. The first-order valence-corrected chi connectivity index (χ1v) is 10.3. The highest BCUT2D eigenvalue weighted by molar-refractivity contribution is 5.92. The molecule has 0 bridgehead atoms. The molecule has 0 radical (unpaired) electrons. The zero-order valence-corrected chi connectivity index (χ0v) is 17.4. The van der Waals surface area contributed by atoms with E-state index >= 15 is 0 Å². The Hall–Kier alpha value is -1.83. The second-order valence-corrected chi connectivity index (χ2v) is 9.26. The third-order valence-electron chi connectivity index (χ3n) is 6.22. The summed E-state index contributed by atoms with van der Waals surface area (Å²) in [5.41, 5.74) is 1.26. The molecule has 1 amide bonds. The Bertz CT molecular complexity index is 691. The van der Waals surface area contributed by atoms with Crippen molar-refractivity contribution in [2.24, 2.45) is 11.3 Å². The molecule has 8 heteroatoms. The molecule has 1 atom stereocenters. The second kappa shape index (κ2) is 8.50. The van der Waals surface area contributed by atoms with E-state index in [2.05, 4.69) is 35.6 Å². The minimum atomic E-state index is -4.43. The summed E-state index contributed by atoms with van der Waals surface area (Å²) in [5.74, 6) is -0.0595. The van der Waals surface area contributed by atoms with Gasteiger partial charge in [-0.3, -0.25) is 9.69 Å². The van der Waals surface area contributed by atoms with Gasteiger partial charge in [0.05, 0.1) is 11.9 Å². The van der Waals surface area contributed by atoms with E-state index < -0.39 is 18.6 Å². The van der Waals surface area contributed by atoms with Crippen molar-refractivity contribution < 1.29 is 18.0 Å². The third-order valence-corrected chi connectivity index (χ3v) is 6.22. The molecule has 0 aromatic carbocycles. The lowest BCUT2D eigenvalue weighted by atomic mass is 9.80. The van der Waals surface area contributed by atoms with Gasteiger partial charge in [0.1, 0.15) is 12.2 Å². The minimum absolute atomic E-state index is 0.00169. The van der Waals surface area contributed by atoms with Gasteiger partial charge in [0.25, 0.3) is 5.91 Å². The van der Waals surface area contributed by atoms with Crippen LogP contribution in [0.4, 0.5) is 18.9 Å². The number of pyridine rings is 1. The number of nitrogens with zero attached hydrogens (tertiary/aromatic N) is 3. The lowest BCUT2D eigenvalue weighted by molar-refractivity contribution is -0.123. The highest BCUT2D eigenvalue weighted by Crippen LogP contribution is 2.36. The van der Waals surface area contributed by atoms with Gasteiger partial charge in [0.2, 0.25) is 0 Å². The zero-order chi connectivity index (χ0) is 21.2. The normalized spacial score (nSPS) is 22.1. The highest BCUT2D eigenvalue weighted by Gasteiger charge is 2.35. The van der Waals surface area contributed by atoms with Gasteiger partial charge in [-0.15, -0.1) is 0 Å². The molecule has 2 aliphatic heterocycles. The Morgan fingerprint density at radius 1 is 1.14 bits per heavy atom. The number of anilines is 1. The fourth-order valence-corrected chi connectivity index (χ4v) is 4.29. The van der Waals surface area contributed by atoms with Crippen LogP contribution in [0.1, 0.15) is 50.5 Å². The molecular formula is C21H31F3N4O. The lowest BCUT2D eigenvalue weighted by Crippen LogP contribution is -2.44. The molecule has 1 N–H and O–H groups in total. The molecule has 3 rings (SSSR count). The third kappa shape index (κ3) is 5.84. The Balaban J connectivity index is 1.49. The van der Waals surface area contributed by atoms with Crippen LogP contribution in [0.3, 0.4) is 0 Å². The van der Waals surface area contributed by atoms with E-state index in [1.807, 2.05) is 5.32 Å². The Labute approximate surface area is 170 Å². The fourth-order valence-electron chi connectivity index (χ4n) is 4.29. The zero-order valence-electron chi connectivity index (χ0n) is 17.4. The summed E-state index contributed by atoms with van der Waals surface area (Å²) >= 11 is 0. The number of amides is 1. The molecule has 2 fully saturated rings. The number of likely N-dealkylation sites (tertiary alicyclic amines) is 1. The van der Waals surface area contributed by atoms with Crippen LogP contribution in [-0.2, 0) is 0 Å².